The average molecular weight is 178 g/mol. The molecule has 13 heavy (non-hydrogen) atoms. The minimum absolute atomic E-state index is 0.151. The fourth-order valence-electron chi connectivity index (χ4n) is 1.52. The third kappa shape index (κ3) is 1.77. The number of rotatable bonds is 3. The quantitative estimate of drug-likeness (QED) is 0.650. The van der Waals surface area contributed by atoms with Gasteiger partial charge >= 0.3 is 0 Å². The minimum atomic E-state index is -0.151. The molecule has 0 aliphatic heterocycles. The molecule has 0 amide bonds. The van der Waals surface area contributed by atoms with Crippen molar-refractivity contribution in [1.29, 1.82) is 0 Å². The highest BCUT2D eigenvalue weighted by Crippen LogP contribution is 2.41. The number of carbonyl (C=O) groups excluding carboxylic acids is 1. The van der Waals surface area contributed by atoms with Crippen LogP contribution in [-0.4, -0.2) is 6.29 Å². The average Bonchev–Trinajstić information content (AvgIpc) is 2.88. The molecule has 1 aromatic rings. The van der Waals surface area contributed by atoms with E-state index in [0.717, 1.165) is 30.3 Å². The summed E-state index contributed by atoms with van der Waals surface area (Å²) in [6.07, 6.45) is 3.31. The van der Waals surface area contributed by atoms with E-state index in [4.69, 9.17) is 0 Å². The maximum absolute atomic E-state index is 13.3. The third-order valence-electron chi connectivity index (χ3n) is 2.40. The van der Waals surface area contributed by atoms with Crippen molar-refractivity contribution in [1.82, 2.24) is 0 Å². The molecule has 0 saturated heterocycles. The number of hydrogen-bond acceptors (Lipinski definition) is 1. The topological polar surface area (TPSA) is 17.1 Å². The molecular weight excluding hydrogens is 167 g/mol. The maximum Gasteiger partial charge on any atom is 0.126 e. The molecule has 0 radical (unpaired) electrons. The first-order chi connectivity index (χ1) is 6.31. The first kappa shape index (κ1) is 8.42. The van der Waals surface area contributed by atoms with E-state index in [0.29, 0.717) is 12.3 Å². The summed E-state index contributed by atoms with van der Waals surface area (Å²) in [5.74, 6) is 0.284. The SMILES string of the molecule is O=CCc1ccc(C2CC2)c(F)c1. The van der Waals surface area contributed by atoms with Crippen LogP contribution in [0.5, 0.6) is 0 Å². The summed E-state index contributed by atoms with van der Waals surface area (Å²) in [6, 6.07) is 5.12. The molecule has 0 bridgehead atoms. The van der Waals surface area contributed by atoms with Gasteiger partial charge in [-0.25, -0.2) is 4.39 Å². The second kappa shape index (κ2) is 3.29. The third-order valence-corrected chi connectivity index (χ3v) is 2.40. The zero-order valence-electron chi connectivity index (χ0n) is 7.29. The van der Waals surface area contributed by atoms with Crippen molar-refractivity contribution in [3.05, 3.63) is 35.1 Å². The van der Waals surface area contributed by atoms with Crippen LogP contribution in [0.25, 0.3) is 0 Å². The van der Waals surface area contributed by atoms with E-state index >= 15 is 0 Å². The lowest BCUT2D eigenvalue weighted by Crippen LogP contribution is -1.91. The summed E-state index contributed by atoms with van der Waals surface area (Å²) in [7, 11) is 0. The van der Waals surface area contributed by atoms with Gasteiger partial charge in [0.05, 0.1) is 0 Å². The van der Waals surface area contributed by atoms with Gasteiger partial charge in [-0.1, -0.05) is 12.1 Å². The number of benzene rings is 1. The van der Waals surface area contributed by atoms with E-state index in [1.165, 1.54) is 6.07 Å². The molecular formula is C11H11FO. The number of carbonyl (C=O) groups is 1. The number of halogens is 1. The van der Waals surface area contributed by atoms with E-state index in [9.17, 15) is 9.18 Å². The standard InChI is InChI=1S/C11H11FO/c12-11-7-8(5-6-13)1-4-10(11)9-2-3-9/h1,4,6-7,9H,2-3,5H2. The van der Waals surface area contributed by atoms with Crippen molar-refractivity contribution in [3.8, 4) is 0 Å². The van der Waals surface area contributed by atoms with E-state index in [1.54, 1.807) is 0 Å². The lowest BCUT2D eigenvalue weighted by atomic mass is 10.1. The molecule has 68 valence electrons. The molecule has 1 aliphatic rings. The van der Waals surface area contributed by atoms with Crippen molar-refractivity contribution in [2.24, 2.45) is 0 Å². The van der Waals surface area contributed by atoms with Crippen LogP contribution < -0.4 is 0 Å². The van der Waals surface area contributed by atoms with Crippen LogP contribution in [0, 0.1) is 5.82 Å². The Morgan fingerprint density at radius 1 is 1.46 bits per heavy atom. The van der Waals surface area contributed by atoms with Gasteiger partial charge in [-0.3, -0.25) is 0 Å². The van der Waals surface area contributed by atoms with Gasteiger partial charge in [-0.2, -0.15) is 0 Å². The lowest BCUT2D eigenvalue weighted by Gasteiger charge is -2.02. The van der Waals surface area contributed by atoms with Gasteiger partial charge in [-0.05, 0) is 36.0 Å². The van der Waals surface area contributed by atoms with Crippen LogP contribution in [0.15, 0.2) is 18.2 Å². The Balaban J connectivity index is 2.25. The molecule has 1 aromatic carbocycles. The van der Waals surface area contributed by atoms with Gasteiger partial charge < -0.3 is 4.79 Å². The Hall–Kier alpha value is -1.18. The summed E-state index contributed by atoms with van der Waals surface area (Å²) >= 11 is 0. The smallest absolute Gasteiger partial charge is 0.126 e. The molecule has 0 aromatic heterocycles. The maximum atomic E-state index is 13.3. The first-order valence-electron chi connectivity index (χ1n) is 4.53. The highest BCUT2D eigenvalue weighted by Gasteiger charge is 2.26. The van der Waals surface area contributed by atoms with Gasteiger partial charge in [0.15, 0.2) is 0 Å². The molecule has 2 heteroatoms. The van der Waals surface area contributed by atoms with Crippen molar-refractivity contribution in [2.75, 3.05) is 0 Å². The van der Waals surface area contributed by atoms with E-state index in [-0.39, 0.29) is 5.82 Å². The molecule has 1 aliphatic carbocycles. The Morgan fingerprint density at radius 3 is 2.77 bits per heavy atom. The zero-order chi connectivity index (χ0) is 9.26. The fourth-order valence-corrected chi connectivity index (χ4v) is 1.52. The van der Waals surface area contributed by atoms with Crippen LogP contribution >= 0.6 is 0 Å². The van der Waals surface area contributed by atoms with Crippen LogP contribution in [0.1, 0.15) is 29.9 Å². The van der Waals surface area contributed by atoms with Crippen LogP contribution in [0.4, 0.5) is 4.39 Å². The summed E-state index contributed by atoms with van der Waals surface area (Å²) in [5.41, 5.74) is 1.58. The van der Waals surface area contributed by atoms with E-state index < -0.39 is 0 Å². The molecule has 1 nitrogen and oxygen atoms in total. The van der Waals surface area contributed by atoms with Gasteiger partial charge in [0.1, 0.15) is 12.1 Å². The van der Waals surface area contributed by atoms with Gasteiger partial charge in [0, 0.05) is 6.42 Å². The van der Waals surface area contributed by atoms with Crippen molar-refractivity contribution >= 4 is 6.29 Å². The number of aldehydes is 1. The molecule has 2 rings (SSSR count). The molecule has 1 fully saturated rings. The van der Waals surface area contributed by atoms with Crippen LogP contribution in [0.3, 0.4) is 0 Å². The summed E-state index contributed by atoms with van der Waals surface area (Å²) in [4.78, 5) is 10.2. The Kier molecular flexibility index (Phi) is 2.13. The van der Waals surface area contributed by atoms with Gasteiger partial charge in [-0.15, -0.1) is 0 Å². The van der Waals surface area contributed by atoms with Crippen molar-refractivity contribution in [3.63, 3.8) is 0 Å². The molecule has 0 atom stereocenters. The summed E-state index contributed by atoms with van der Waals surface area (Å²) in [5, 5.41) is 0. The van der Waals surface area contributed by atoms with Crippen molar-refractivity contribution in [2.45, 2.75) is 25.2 Å². The zero-order valence-corrected chi connectivity index (χ0v) is 7.29. The van der Waals surface area contributed by atoms with Gasteiger partial charge in [0.2, 0.25) is 0 Å². The fraction of sp³-hybridized carbons (Fsp3) is 0.364. The van der Waals surface area contributed by atoms with Gasteiger partial charge in [0.25, 0.3) is 0 Å². The highest BCUT2D eigenvalue weighted by molar-refractivity contribution is 5.55. The molecule has 0 unspecified atom stereocenters. The Labute approximate surface area is 76.6 Å². The minimum Gasteiger partial charge on any atom is -0.303 e. The second-order valence-corrected chi connectivity index (χ2v) is 3.50. The molecule has 0 spiro atoms. The molecule has 0 heterocycles. The largest absolute Gasteiger partial charge is 0.303 e. The highest BCUT2D eigenvalue weighted by atomic mass is 19.1. The van der Waals surface area contributed by atoms with Crippen LogP contribution in [0.2, 0.25) is 0 Å². The summed E-state index contributed by atoms with van der Waals surface area (Å²) in [6.45, 7) is 0. The predicted octanol–water partition coefficient (Wildman–Crippen LogP) is 2.44. The normalized spacial score (nSPS) is 15.8. The summed E-state index contributed by atoms with van der Waals surface area (Å²) < 4.78 is 13.3. The van der Waals surface area contributed by atoms with Crippen molar-refractivity contribution < 1.29 is 9.18 Å². The molecule has 0 N–H and O–H groups in total. The van der Waals surface area contributed by atoms with E-state index in [1.807, 2.05) is 12.1 Å². The first-order valence-corrected chi connectivity index (χ1v) is 4.53. The van der Waals surface area contributed by atoms with E-state index in [2.05, 4.69) is 0 Å². The Morgan fingerprint density at radius 2 is 2.23 bits per heavy atom. The Bertz CT molecular complexity index is 329. The van der Waals surface area contributed by atoms with Crippen LogP contribution in [-0.2, 0) is 11.2 Å². The monoisotopic (exact) mass is 178 g/mol. The predicted molar refractivity (Wildman–Crippen MR) is 48.1 cm³/mol. The second-order valence-electron chi connectivity index (χ2n) is 3.50. The lowest BCUT2D eigenvalue weighted by molar-refractivity contribution is -0.107. The number of hydrogen-bond donors (Lipinski definition) is 0. The molecule has 1 saturated carbocycles.